The predicted molar refractivity (Wildman–Crippen MR) is 66.5 cm³/mol. The zero-order valence-electron chi connectivity index (χ0n) is 9.86. The largest absolute Gasteiger partial charge is 0.496 e. The highest BCUT2D eigenvalue weighted by molar-refractivity contribution is 6.31. The molecular formula is C13H17ClO3. The molecule has 0 radical (unpaired) electrons. The number of ether oxygens (including phenoxy) is 2. The molecule has 1 fully saturated rings. The molecule has 2 atom stereocenters. The van der Waals surface area contributed by atoms with Gasteiger partial charge in [0, 0.05) is 18.1 Å². The molecule has 17 heavy (non-hydrogen) atoms. The van der Waals surface area contributed by atoms with Crippen LogP contribution in [0.25, 0.3) is 0 Å². The summed E-state index contributed by atoms with van der Waals surface area (Å²) in [6.07, 6.45) is 1.31. The van der Waals surface area contributed by atoms with Crippen LogP contribution in [-0.2, 0) is 4.74 Å². The average molecular weight is 257 g/mol. The third-order valence-corrected chi connectivity index (χ3v) is 3.50. The van der Waals surface area contributed by atoms with E-state index in [-0.39, 0.29) is 5.92 Å². The van der Waals surface area contributed by atoms with Crippen LogP contribution in [0.4, 0.5) is 0 Å². The van der Waals surface area contributed by atoms with Crippen LogP contribution in [0.15, 0.2) is 18.2 Å². The quantitative estimate of drug-likeness (QED) is 0.904. The van der Waals surface area contributed by atoms with Crippen molar-refractivity contribution in [3.05, 3.63) is 28.8 Å². The van der Waals surface area contributed by atoms with Gasteiger partial charge in [-0.3, -0.25) is 0 Å². The first-order valence-electron chi connectivity index (χ1n) is 5.82. The number of benzene rings is 1. The fourth-order valence-corrected chi connectivity index (χ4v) is 2.51. The summed E-state index contributed by atoms with van der Waals surface area (Å²) < 4.78 is 10.6. The fourth-order valence-electron chi connectivity index (χ4n) is 2.23. The Labute approximate surface area is 106 Å². The van der Waals surface area contributed by atoms with Gasteiger partial charge in [0.25, 0.3) is 0 Å². The average Bonchev–Trinajstić information content (AvgIpc) is 2.38. The minimum Gasteiger partial charge on any atom is -0.496 e. The van der Waals surface area contributed by atoms with E-state index in [4.69, 9.17) is 21.1 Å². The highest BCUT2D eigenvalue weighted by atomic mass is 35.5. The van der Waals surface area contributed by atoms with Gasteiger partial charge in [0.1, 0.15) is 5.75 Å². The number of methoxy groups -OCH3 is 1. The molecule has 2 rings (SSSR count). The summed E-state index contributed by atoms with van der Waals surface area (Å²) in [5, 5.41) is 10.9. The molecule has 0 saturated carbocycles. The summed E-state index contributed by atoms with van der Waals surface area (Å²) in [5.41, 5.74) is 0.673. The Morgan fingerprint density at radius 1 is 1.53 bits per heavy atom. The van der Waals surface area contributed by atoms with Crippen LogP contribution in [0.5, 0.6) is 5.75 Å². The molecule has 1 heterocycles. The molecule has 94 valence electrons. The molecule has 1 N–H and O–H groups in total. The third kappa shape index (κ3) is 2.73. The van der Waals surface area contributed by atoms with E-state index < -0.39 is 6.10 Å². The molecule has 1 aromatic rings. The highest BCUT2D eigenvalue weighted by Crippen LogP contribution is 2.38. The molecule has 4 heteroatoms. The van der Waals surface area contributed by atoms with Crippen LogP contribution in [-0.4, -0.2) is 25.4 Å². The zero-order chi connectivity index (χ0) is 12.3. The van der Waals surface area contributed by atoms with E-state index in [0.29, 0.717) is 22.9 Å². The van der Waals surface area contributed by atoms with Gasteiger partial charge < -0.3 is 14.6 Å². The molecule has 1 aliphatic heterocycles. The molecule has 0 amide bonds. The number of aliphatic hydroxyl groups is 1. The van der Waals surface area contributed by atoms with Crippen molar-refractivity contribution in [3.63, 3.8) is 0 Å². The number of rotatable bonds is 3. The Kier molecular flexibility index (Phi) is 4.26. The van der Waals surface area contributed by atoms with Crippen molar-refractivity contribution in [3.8, 4) is 5.75 Å². The monoisotopic (exact) mass is 256 g/mol. The second-order valence-corrected chi connectivity index (χ2v) is 4.69. The number of aliphatic hydroxyl groups excluding tert-OH is 1. The van der Waals surface area contributed by atoms with Crippen LogP contribution in [0.3, 0.4) is 0 Å². The van der Waals surface area contributed by atoms with E-state index in [1.165, 1.54) is 0 Å². The first kappa shape index (κ1) is 12.7. The van der Waals surface area contributed by atoms with Crippen LogP contribution in [0.2, 0.25) is 5.02 Å². The van der Waals surface area contributed by atoms with Gasteiger partial charge in [-0.2, -0.15) is 0 Å². The Balaban J connectivity index is 2.25. The molecule has 2 unspecified atom stereocenters. The molecule has 0 aliphatic carbocycles. The van der Waals surface area contributed by atoms with Gasteiger partial charge in [0.2, 0.25) is 0 Å². The molecule has 1 aromatic carbocycles. The normalized spacial score (nSPS) is 22.2. The van der Waals surface area contributed by atoms with Gasteiger partial charge in [-0.25, -0.2) is 0 Å². The summed E-state index contributed by atoms with van der Waals surface area (Å²) >= 11 is 6.14. The van der Waals surface area contributed by atoms with Gasteiger partial charge >= 0.3 is 0 Å². The number of halogens is 1. The van der Waals surface area contributed by atoms with E-state index >= 15 is 0 Å². The minimum atomic E-state index is -0.626. The van der Waals surface area contributed by atoms with Crippen molar-refractivity contribution in [2.45, 2.75) is 18.9 Å². The maximum absolute atomic E-state index is 10.4. The van der Waals surface area contributed by atoms with Crippen molar-refractivity contribution < 1.29 is 14.6 Å². The van der Waals surface area contributed by atoms with Gasteiger partial charge in [0.15, 0.2) is 0 Å². The smallest absolute Gasteiger partial charge is 0.126 e. The molecule has 0 bridgehead atoms. The number of hydrogen-bond acceptors (Lipinski definition) is 3. The predicted octanol–water partition coefficient (Wildman–Crippen LogP) is 2.81. The molecule has 1 saturated heterocycles. The van der Waals surface area contributed by atoms with E-state index in [0.717, 1.165) is 19.4 Å². The lowest BCUT2D eigenvalue weighted by atomic mass is 9.90. The molecule has 0 spiro atoms. The molecular weight excluding hydrogens is 240 g/mol. The molecule has 3 nitrogen and oxygen atoms in total. The van der Waals surface area contributed by atoms with Gasteiger partial charge in [-0.05, 0) is 25.0 Å². The minimum absolute atomic E-state index is 0.0950. The summed E-state index contributed by atoms with van der Waals surface area (Å²) in [7, 11) is 1.58. The Morgan fingerprint density at radius 2 is 2.35 bits per heavy atom. The summed E-state index contributed by atoms with van der Waals surface area (Å²) in [5.74, 6) is 0.730. The van der Waals surface area contributed by atoms with Crippen molar-refractivity contribution in [2.24, 2.45) is 5.92 Å². The summed E-state index contributed by atoms with van der Waals surface area (Å²) in [6.45, 7) is 1.36. The Morgan fingerprint density at radius 3 is 3.00 bits per heavy atom. The zero-order valence-corrected chi connectivity index (χ0v) is 10.6. The van der Waals surface area contributed by atoms with Crippen LogP contribution < -0.4 is 4.74 Å². The van der Waals surface area contributed by atoms with Crippen LogP contribution in [0, 0.1) is 5.92 Å². The second-order valence-electron chi connectivity index (χ2n) is 4.28. The standard InChI is InChI=1S/C13H17ClO3/c1-16-11-6-2-5-10(14)12(11)13(15)9-4-3-7-17-8-9/h2,5-6,9,13,15H,3-4,7-8H2,1H3. The van der Waals surface area contributed by atoms with Crippen molar-refractivity contribution in [2.75, 3.05) is 20.3 Å². The lowest BCUT2D eigenvalue weighted by molar-refractivity contribution is -0.0107. The number of hydrogen-bond donors (Lipinski definition) is 1. The van der Waals surface area contributed by atoms with Crippen molar-refractivity contribution in [1.82, 2.24) is 0 Å². The maximum atomic E-state index is 10.4. The molecule has 1 aliphatic rings. The molecule has 0 aromatic heterocycles. The topological polar surface area (TPSA) is 38.7 Å². The third-order valence-electron chi connectivity index (χ3n) is 3.17. The van der Waals surface area contributed by atoms with E-state index in [2.05, 4.69) is 0 Å². The van der Waals surface area contributed by atoms with E-state index in [1.807, 2.05) is 12.1 Å². The van der Waals surface area contributed by atoms with Crippen LogP contribution in [0.1, 0.15) is 24.5 Å². The highest BCUT2D eigenvalue weighted by Gasteiger charge is 2.27. The summed E-state index contributed by atoms with van der Waals surface area (Å²) in [6, 6.07) is 5.40. The second kappa shape index (κ2) is 5.71. The van der Waals surface area contributed by atoms with Gasteiger partial charge in [-0.1, -0.05) is 17.7 Å². The summed E-state index contributed by atoms with van der Waals surface area (Å²) in [4.78, 5) is 0. The lowest BCUT2D eigenvalue weighted by Gasteiger charge is -2.28. The Bertz CT molecular complexity index is 375. The van der Waals surface area contributed by atoms with Crippen molar-refractivity contribution in [1.29, 1.82) is 0 Å². The van der Waals surface area contributed by atoms with Gasteiger partial charge in [-0.15, -0.1) is 0 Å². The van der Waals surface area contributed by atoms with E-state index in [1.54, 1.807) is 13.2 Å². The van der Waals surface area contributed by atoms with E-state index in [9.17, 15) is 5.11 Å². The fraction of sp³-hybridized carbons (Fsp3) is 0.538. The Hall–Kier alpha value is -0.770. The maximum Gasteiger partial charge on any atom is 0.126 e. The lowest BCUT2D eigenvalue weighted by Crippen LogP contribution is -2.24. The first-order chi connectivity index (χ1) is 8.24. The first-order valence-corrected chi connectivity index (χ1v) is 6.20. The van der Waals surface area contributed by atoms with Crippen molar-refractivity contribution >= 4 is 11.6 Å². The van der Waals surface area contributed by atoms with Gasteiger partial charge in [0.05, 0.1) is 24.8 Å². The van der Waals surface area contributed by atoms with Crippen LogP contribution >= 0.6 is 11.6 Å². The SMILES string of the molecule is COc1cccc(Cl)c1C(O)C1CCCOC1.